The summed E-state index contributed by atoms with van der Waals surface area (Å²) in [6.07, 6.45) is 0. The summed E-state index contributed by atoms with van der Waals surface area (Å²) in [6.45, 7) is 3.63. The molecule has 4 heteroatoms. The van der Waals surface area contributed by atoms with Gasteiger partial charge >= 0.3 is 0 Å². The smallest absolute Gasteiger partial charge is 0.235 e. The maximum Gasteiger partial charge on any atom is 0.235 e. The van der Waals surface area contributed by atoms with Crippen molar-refractivity contribution in [3.8, 4) is 5.75 Å². The number of alkyl halides is 1. The number of phenolic OH excluding ortho intramolecular Hbond substituents is 1. The Hall–Kier alpha value is -1.03. The second-order valence-electron chi connectivity index (χ2n) is 3.14. The van der Waals surface area contributed by atoms with Crippen LogP contribution in [0.2, 0.25) is 0 Å². The van der Waals surface area contributed by atoms with Crippen LogP contribution in [0.1, 0.15) is 11.1 Å². The molecule has 0 spiro atoms. The van der Waals surface area contributed by atoms with Crippen LogP contribution in [-0.4, -0.2) is 16.3 Å². The molecule has 1 aromatic rings. The van der Waals surface area contributed by atoms with E-state index in [9.17, 15) is 9.90 Å². The first-order valence-electron chi connectivity index (χ1n) is 4.20. The molecule has 0 fully saturated rings. The Morgan fingerprint density at radius 2 is 2.07 bits per heavy atom. The number of benzene rings is 1. The van der Waals surface area contributed by atoms with Crippen molar-refractivity contribution in [1.82, 2.24) is 0 Å². The molecule has 0 aliphatic rings. The lowest BCUT2D eigenvalue weighted by molar-refractivity contribution is -0.113. The molecule has 1 rings (SSSR count). The predicted molar refractivity (Wildman–Crippen MR) is 60.0 cm³/mol. The van der Waals surface area contributed by atoms with Crippen LogP contribution >= 0.6 is 15.9 Å². The number of hydrogen-bond acceptors (Lipinski definition) is 2. The molecule has 0 bridgehead atoms. The number of phenols is 1. The molecular weight excluding hydrogens is 246 g/mol. The third-order valence-corrected chi connectivity index (χ3v) is 2.45. The van der Waals surface area contributed by atoms with E-state index in [2.05, 4.69) is 21.2 Å². The van der Waals surface area contributed by atoms with Crippen molar-refractivity contribution >= 4 is 27.5 Å². The van der Waals surface area contributed by atoms with Crippen molar-refractivity contribution in [3.63, 3.8) is 0 Å². The number of rotatable bonds is 2. The van der Waals surface area contributed by atoms with Crippen molar-refractivity contribution in [1.29, 1.82) is 0 Å². The van der Waals surface area contributed by atoms with E-state index in [1.54, 1.807) is 19.1 Å². The summed E-state index contributed by atoms with van der Waals surface area (Å²) in [5.41, 5.74) is 2.34. The van der Waals surface area contributed by atoms with Gasteiger partial charge in [0.25, 0.3) is 0 Å². The predicted octanol–water partition coefficient (Wildman–Crippen LogP) is 2.34. The fourth-order valence-electron chi connectivity index (χ4n) is 1.12. The fraction of sp³-hybridized carbons (Fsp3) is 0.300. The van der Waals surface area contributed by atoms with Gasteiger partial charge in [0.15, 0.2) is 0 Å². The number of aromatic hydroxyl groups is 1. The van der Waals surface area contributed by atoms with Crippen molar-refractivity contribution in [3.05, 3.63) is 23.3 Å². The van der Waals surface area contributed by atoms with Crippen molar-refractivity contribution in [2.45, 2.75) is 13.8 Å². The summed E-state index contributed by atoms with van der Waals surface area (Å²) in [4.78, 5) is 11.1. The first-order chi connectivity index (χ1) is 6.54. The lowest BCUT2D eigenvalue weighted by Gasteiger charge is -2.09. The molecule has 0 saturated heterocycles. The Labute approximate surface area is 91.3 Å². The summed E-state index contributed by atoms with van der Waals surface area (Å²) in [7, 11) is 0. The minimum absolute atomic E-state index is 0.0989. The SMILES string of the molecule is Cc1cc(NC(=O)CBr)c(C)cc1O. The number of halogens is 1. The zero-order valence-electron chi connectivity index (χ0n) is 8.10. The average Bonchev–Trinajstić information content (AvgIpc) is 2.14. The summed E-state index contributed by atoms with van der Waals surface area (Å²) >= 11 is 3.07. The fourth-order valence-corrected chi connectivity index (χ4v) is 1.26. The summed E-state index contributed by atoms with van der Waals surface area (Å²) in [5, 5.41) is 12.4. The Kier molecular flexibility index (Phi) is 3.52. The van der Waals surface area contributed by atoms with Gasteiger partial charge in [-0.1, -0.05) is 15.9 Å². The molecule has 14 heavy (non-hydrogen) atoms. The standard InChI is InChI=1S/C10H12BrNO2/c1-6-4-9(13)7(2)3-8(6)12-10(14)5-11/h3-4,13H,5H2,1-2H3,(H,12,14). The molecule has 0 radical (unpaired) electrons. The van der Waals surface area contributed by atoms with Gasteiger partial charge < -0.3 is 10.4 Å². The van der Waals surface area contributed by atoms with E-state index in [0.29, 0.717) is 0 Å². The van der Waals surface area contributed by atoms with Gasteiger partial charge in [-0.25, -0.2) is 0 Å². The molecule has 0 saturated carbocycles. The van der Waals surface area contributed by atoms with Crippen LogP contribution in [-0.2, 0) is 4.79 Å². The summed E-state index contributed by atoms with van der Waals surface area (Å²) in [5.74, 6) is 0.150. The highest BCUT2D eigenvalue weighted by atomic mass is 79.9. The number of anilines is 1. The third kappa shape index (κ3) is 2.48. The van der Waals surface area contributed by atoms with E-state index < -0.39 is 0 Å². The molecular formula is C10H12BrNO2. The van der Waals surface area contributed by atoms with Crippen LogP contribution in [0.25, 0.3) is 0 Å². The number of carbonyl (C=O) groups excluding carboxylic acids is 1. The van der Waals surface area contributed by atoms with E-state index in [0.717, 1.165) is 16.8 Å². The Bertz CT molecular complexity index is 363. The Morgan fingerprint density at radius 3 is 2.64 bits per heavy atom. The van der Waals surface area contributed by atoms with Gasteiger partial charge in [-0.15, -0.1) is 0 Å². The first kappa shape index (κ1) is 11.0. The van der Waals surface area contributed by atoms with Gasteiger partial charge in [-0.3, -0.25) is 4.79 Å². The highest BCUT2D eigenvalue weighted by molar-refractivity contribution is 9.09. The molecule has 76 valence electrons. The maximum atomic E-state index is 11.1. The van der Waals surface area contributed by atoms with E-state index in [4.69, 9.17) is 0 Å². The molecule has 0 aliphatic heterocycles. The molecule has 0 aromatic heterocycles. The second-order valence-corrected chi connectivity index (χ2v) is 3.70. The Morgan fingerprint density at radius 1 is 1.43 bits per heavy atom. The molecule has 2 N–H and O–H groups in total. The molecule has 0 atom stereocenters. The minimum atomic E-state index is -0.0989. The molecule has 0 unspecified atom stereocenters. The number of carbonyl (C=O) groups is 1. The van der Waals surface area contributed by atoms with Crippen LogP contribution in [0.15, 0.2) is 12.1 Å². The molecule has 0 heterocycles. The number of hydrogen-bond donors (Lipinski definition) is 2. The van der Waals surface area contributed by atoms with Crippen molar-refractivity contribution in [2.75, 3.05) is 10.6 Å². The third-order valence-electron chi connectivity index (χ3n) is 1.94. The largest absolute Gasteiger partial charge is 0.508 e. The molecule has 1 amide bonds. The van der Waals surface area contributed by atoms with E-state index in [1.807, 2.05) is 6.92 Å². The maximum absolute atomic E-state index is 11.1. The van der Waals surface area contributed by atoms with Crippen LogP contribution in [0.3, 0.4) is 0 Å². The van der Waals surface area contributed by atoms with Crippen molar-refractivity contribution < 1.29 is 9.90 Å². The topological polar surface area (TPSA) is 49.3 Å². The van der Waals surface area contributed by atoms with Gasteiger partial charge in [0.2, 0.25) is 5.91 Å². The minimum Gasteiger partial charge on any atom is -0.508 e. The monoisotopic (exact) mass is 257 g/mol. The number of aryl methyl sites for hydroxylation is 2. The van der Waals surface area contributed by atoms with Crippen LogP contribution < -0.4 is 5.32 Å². The first-order valence-corrected chi connectivity index (χ1v) is 5.32. The van der Waals surface area contributed by atoms with E-state index >= 15 is 0 Å². The lowest BCUT2D eigenvalue weighted by Crippen LogP contribution is -2.13. The number of amides is 1. The van der Waals surface area contributed by atoms with E-state index in [-0.39, 0.29) is 17.0 Å². The molecule has 3 nitrogen and oxygen atoms in total. The van der Waals surface area contributed by atoms with E-state index in [1.165, 1.54) is 0 Å². The van der Waals surface area contributed by atoms with Gasteiger partial charge in [-0.05, 0) is 37.1 Å². The second kappa shape index (κ2) is 4.46. The number of nitrogens with one attached hydrogen (secondary N) is 1. The zero-order chi connectivity index (χ0) is 10.7. The van der Waals surface area contributed by atoms with Crippen LogP contribution in [0.4, 0.5) is 5.69 Å². The summed E-state index contributed by atoms with van der Waals surface area (Å²) in [6, 6.07) is 3.39. The zero-order valence-corrected chi connectivity index (χ0v) is 9.68. The normalized spacial score (nSPS) is 9.93. The average molecular weight is 258 g/mol. The lowest BCUT2D eigenvalue weighted by atomic mass is 10.1. The molecule has 0 aliphatic carbocycles. The van der Waals surface area contributed by atoms with Crippen LogP contribution in [0.5, 0.6) is 5.75 Å². The highest BCUT2D eigenvalue weighted by Gasteiger charge is 2.05. The highest BCUT2D eigenvalue weighted by Crippen LogP contribution is 2.24. The van der Waals surface area contributed by atoms with Crippen molar-refractivity contribution in [2.24, 2.45) is 0 Å². The van der Waals surface area contributed by atoms with Gasteiger partial charge in [0, 0.05) is 5.69 Å². The van der Waals surface area contributed by atoms with Gasteiger partial charge in [0.05, 0.1) is 5.33 Å². The molecule has 1 aromatic carbocycles. The Balaban J connectivity index is 2.98. The quantitative estimate of drug-likeness (QED) is 0.631. The summed E-state index contributed by atoms with van der Waals surface area (Å²) < 4.78 is 0. The van der Waals surface area contributed by atoms with Crippen LogP contribution in [0, 0.1) is 13.8 Å². The van der Waals surface area contributed by atoms with Gasteiger partial charge in [-0.2, -0.15) is 0 Å². The van der Waals surface area contributed by atoms with Gasteiger partial charge in [0.1, 0.15) is 5.75 Å².